The zero-order valence-electron chi connectivity index (χ0n) is 19.6. The van der Waals surface area contributed by atoms with Crippen molar-refractivity contribution in [3.05, 3.63) is 98.6 Å². The molecular formula is C29H29ClO3. The SMILES string of the molecule is COc1ccc(C=C2CCc3ccccc3C2=O)cc1COc1cc(C)c(Cl)cc1C(C)C. The van der Waals surface area contributed by atoms with Crippen LogP contribution in [0.15, 0.2) is 60.2 Å². The number of halogens is 1. The Morgan fingerprint density at radius 3 is 2.58 bits per heavy atom. The van der Waals surface area contributed by atoms with Gasteiger partial charge in [0.15, 0.2) is 5.78 Å². The summed E-state index contributed by atoms with van der Waals surface area (Å²) in [6, 6.07) is 17.8. The summed E-state index contributed by atoms with van der Waals surface area (Å²) in [7, 11) is 1.66. The van der Waals surface area contributed by atoms with E-state index in [0.717, 1.165) is 68.3 Å². The molecule has 4 heteroatoms. The highest BCUT2D eigenvalue weighted by Crippen LogP contribution is 2.34. The number of hydrogen-bond donors (Lipinski definition) is 0. The summed E-state index contributed by atoms with van der Waals surface area (Å²) < 4.78 is 11.8. The van der Waals surface area contributed by atoms with Gasteiger partial charge in [-0.05, 0) is 78.3 Å². The van der Waals surface area contributed by atoms with E-state index in [0.29, 0.717) is 6.61 Å². The van der Waals surface area contributed by atoms with E-state index in [1.54, 1.807) is 7.11 Å². The fourth-order valence-corrected chi connectivity index (χ4v) is 4.43. The van der Waals surface area contributed by atoms with Crippen LogP contribution in [0, 0.1) is 6.92 Å². The summed E-state index contributed by atoms with van der Waals surface area (Å²) in [6.45, 7) is 6.59. The first-order valence-corrected chi connectivity index (χ1v) is 11.7. The summed E-state index contributed by atoms with van der Waals surface area (Å²) in [5, 5.41) is 0.746. The Labute approximate surface area is 201 Å². The molecule has 1 aliphatic rings. The van der Waals surface area contributed by atoms with E-state index in [1.807, 2.05) is 67.6 Å². The number of rotatable bonds is 6. The molecule has 0 bridgehead atoms. The van der Waals surface area contributed by atoms with Gasteiger partial charge in [0, 0.05) is 21.7 Å². The molecule has 4 rings (SSSR count). The highest BCUT2D eigenvalue weighted by molar-refractivity contribution is 6.31. The maximum absolute atomic E-state index is 13.0. The topological polar surface area (TPSA) is 35.5 Å². The number of fused-ring (bicyclic) bond motifs is 1. The van der Waals surface area contributed by atoms with Gasteiger partial charge in [0.05, 0.1) is 7.11 Å². The fraction of sp³-hybridized carbons (Fsp3) is 0.276. The molecule has 0 atom stereocenters. The molecule has 0 fully saturated rings. The maximum atomic E-state index is 13.0. The zero-order chi connectivity index (χ0) is 23.5. The van der Waals surface area contributed by atoms with Gasteiger partial charge in [0.1, 0.15) is 18.1 Å². The molecule has 0 saturated carbocycles. The summed E-state index contributed by atoms with van der Waals surface area (Å²) >= 11 is 6.34. The molecule has 0 heterocycles. The summed E-state index contributed by atoms with van der Waals surface area (Å²) in [5.41, 5.74) is 6.73. The molecule has 0 saturated heterocycles. The highest BCUT2D eigenvalue weighted by atomic mass is 35.5. The summed E-state index contributed by atoms with van der Waals surface area (Å²) in [6.07, 6.45) is 3.62. The van der Waals surface area contributed by atoms with E-state index in [1.165, 1.54) is 0 Å². The molecule has 0 aromatic heterocycles. The summed E-state index contributed by atoms with van der Waals surface area (Å²) in [5.74, 6) is 1.99. The third-order valence-electron chi connectivity index (χ3n) is 6.16. The molecule has 3 nitrogen and oxygen atoms in total. The first-order chi connectivity index (χ1) is 15.9. The lowest BCUT2D eigenvalue weighted by atomic mass is 9.86. The minimum absolute atomic E-state index is 0.115. The third-order valence-corrected chi connectivity index (χ3v) is 6.57. The lowest BCUT2D eigenvalue weighted by molar-refractivity contribution is 0.102. The standard InChI is InChI=1S/C29H29ClO3/c1-18(2)25-16-26(30)19(3)13-28(25)33-17-23-15-20(9-12-27(23)32-4)14-22-11-10-21-7-5-6-8-24(21)29(22)31/h5-9,12-16,18H,10-11,17H2,1-4H3. The quantitative estimate of drug-likeness (QED) is 0.356. The van der Waals surface area contributed by atoms with Crippen LogP contribution in [0.1, 0.15) is 64.4 Å². The van der Waals surface area contributed by atoms with Crippen LogP contribution in [-0.2, 0) is 13.0 Å². The molecule has 170 valence electrons. The van der Waals surface area contributed by atoms with Crippen molar-refractivity contribution in [2.45, 2.75) is 46.1 Å². The van der Waals surface area contributed by atoms with Crippen molar-refractivity contribution < 1.29 is 14.3 Å². The molecule has 0 amide bonds. The van der Waals surface area contributed by atoms with E-state index in [2.05, 4.69) is 13.8 Å². The molecule has 3 aromatic carbocycles. The van der Waals surface area contributed by atoms with Gasteiger partial charge in [-0.3, -0.25) is 4.79 Å². The first-order valence-electron chi connectivity index (χ1n) is 11.3. The van der Waals surface area contributed by atoms with E-state index in [-0.39, 0.29) is 11.7 Å². The van der Waals surface area contributed by atoms with Gasteiger partial charge in [0.2, 0.25) is 0 Å². The van der Waals surface area contributed by atoms with E-state index in [9.17, 15) is 4.79 Å². The normalized spacial score (nSPS) is 14.5. The molecule has 0 unspecified atom stereocenters. The van der Waals surface area contributed by atoms with Gasteiger partial charge >= 0.3 is 0 Å². The van der Waals surface area contributed by atoms with E-state index in [4.69, 9.17) is 21.1 Å². The number of Topliss-reactive ketones (excluding diaryl/α,β-unsaturated/α-hetero) is 1. The number of aryl methyl sites for hydroxylation is 2. The molecule has 0 aliphatic heterocycles. The Morgan fingerprint density at radius 1 is 1.03 bits per heavy atom. The molecule has 3 aromatic rings. The number of carbonyl (C=O) groups is 1. The number of ketones is 1. The maximum Gasteiger partial charge on any atom is 0.189 e. The minimum Gasteiger partial charge on any atom is -0.496 e. The molecule has 0 N–H and O–H groups in total. The van der Waals surface area contributed by atoms with Gasteiger partial charge in [-0.25, -0.2) is 0 Å². The third kappa shape index (κ3) is 4.99. The molecule has 0 spiro atoms. The lowest BCUT2D eigenvalue weighted by Gasteiger charge is -2.18. The van der Waals surface area contributed by atoms with Crippen molar-refractivity contribution in [1.29, 1.82) is 0 Å². The Balaban J connectivity index is 1.61. The average Bonchev–Trinajstić information content (AvgIpc) is 2.81. The number of benzene rings is 3. The molecule has 0 radical (unpaired) electrons. The number of hydrogen-bond acceptors (Lipinski definition) is 3. The van der Waals surface area contributed by atoms with Gasteiger partial charge in [0.25, 0.3) is 0 Å². The fourth-order valence-electron chi connectivity index (χ4n) is 4.26. The number of carbonyl (C=O) groups excluding carboxylic acids is 1. The van der Waals surface area contributed by atoms with Crippen LogP contribution in [0.2, 0.25) is 5.02 Å². The van der Waals surface area contributed by atoms with Crippen LogP contribution >= 0.6 is 11.6 Å². The molecule has 33 heavy (non-hydrogen) atoms. The number of ether oxygens (including phenoxy) is 2. The average molecular weight is 461 g/mol. The monoisotopic (exact) mass is 460 g/mol. The van der Waals surface area contributed by atoms with Crippen molar-refractivity contribution in [1.82, 2.24) is 0 Å². The van der Waals surface area contributed by atoms with Crippen molar-refractivity contribution in [2.24, 2.45) is 0 Å². The van der Waals surface area contributed by atoms with E-state index >= 15 is 0 Å². The van der Waals surface area contributed by atoms with Crippen LogP contribution in [0.4, 0.5) is 0 Å². The second-order valence-corrected chi connectivity index (χ2v) is 9.22. The largest absolute Gasteiger partial charge is 0.496 e. The molecular weight excluding hydrogens is 432 g/mol. The smallest absolute Gasteiger partial charge is 0.189 e. The Kier molecular flexibility index (Phi) is 6.90. The van der Waals surface area contributed by atoms with Crippen molar-refractivity contribution in [2.75, 3.05) is 7.11 Å². The lowest BCUT2D eigenvalue weighted by Crippen LogP contribution is -2.13. The minimum atomic E-state index is 0.115. The molecule has 1 aliphatic carbocycles. The second kappa shape index (κ2) is 9.84. The van der Waals surface area contributed by atoms with Gasteiger partial charge in [-0.2, -0.15) is 0 Å². The number of methoxy groups -OCH3 is 1. The van der Waals surface area contributed by atoms with Gasteiger partial charge in [-0.15, -0.1) is 0 Å². The van der Waals surface area contributed by atoms with Crippen LogP contribution in [0.25, 0.3) is 6.08 Å². The Hall–Kier alpha value is -3.04. The van der Waals surface area contributed by atoms with Crippen molar-refractivity contribution >= 4 is 23.5 Å². The van der Waals surface area contributed by atoms with Crippen LogP contribution in [0.5, 0.6) is 11.5 Å². The first kappa shape index (κ1) is 23.1. The van der Waals surface area contributed by atoms with Crippen LogP contribution < -0.4 is 9.47 Å². The van der Waals surface area contributed by atoms with Crippen LogP contribution in [-0.4, -0.2) is 12.9 Å². The number of allylic oxidation sites excluding steroid dienone is 1. The predicted molar refractivity (Wildman–Crippen MR) is 135 cm³/mol. The second-order valence-electron chi connectivity index (χ2n) is 8.81. The van der Waals surface area contributed by atoms with Crippen molar-refractivity contribution in [3.8, 4) is 11.5 Å². The van der Waals surface area contributed by atoms with Gasteiger partial charge < -0.3 is 9.47 Å². The summed E-state index contributed by atoms with van der Waals surface area (Å²) in [4.78, 5) is 13.0. The Bertz CT molecular complexity index is 1220. The van der Waals surface area contributed by atoms with Crippen LogP contribution in [0.3, 0.4) is 0 Å². The Morgan fingerprint density at radius 2 is 1.82 bits per heavy atom. The predicted octanol–water partition coefficient (Wildman–Crippen LogP) is 7.57. The van der Waals surface area contributed by atoms with Gasteiger partial charge in [-0.1, -0.05) is 55.8 Å². The van der Waals surface area contributed by atoms with E-state index < -0.39 is 0 Å². The zero-order valence-corrected chi connectivity index (χ0v) is 20.3. The highest BCUT2D eigenvalue weighted by Gasteiger charge is 2.21. The van der Waals surface area contributed by atoms with Crippen molar-refractivity contribution in [3.63, 3.8) is 0 Å².